The summed E-state index contributed by atoms with van der Waals surface area (Å²) in [7, 11) is 0. The van der Waals surface area contributed by atoms with Crippen molar-refractivity contribution in [3.8, 4) is 0 Å². The van der Waals surface area contributed by atoms with Crippen LogP contribution < -0.4 is 70.8 Å². The summed E-state index contributed by atoms with van der Waals surface area (Å²) in [5.74, 6) is -7.09. The molecule has 0 aromatic carbocycles. The van der Waals surface area contributed by atoms with Crippen molar-refractivity contribution >= 4 is 59.1 Å². The molecule has 19 N–H and O–H groups in total. The highest BCUT2D eigenvalue weighted by atomic mass is 16.2. The van der Waals surface area contributed by atoms with Gasteiger partial charge in [-0.3, -0.25) is 47.9 Å². The topological polar surface area (TPSA) is 440 Å². The van der Waals surface area contributed by atoms with Crippen molar-refractivity contribution in [3.63, 3.8) is 0 Å². The molecule has 0 aliphatic heterocycles. The van der Waals surface area contributed by atoms with Crippen LogP contribution in [-0.4, -0.2) is 153 Å². The van der Waals surface area contributed by atoms with E-state index in [2.05, 4.69) is 67.8 Å². The van der Waals surface area contributed by atoms with E-state index in [1.807, 2.05) is 41.5 Å². The summed E-state index contributed by atoms with van der Waals surface area (Å²) in [6.45, 7) is 15.8. The number of aromatic nitrogens is 4. The van der Waals surface area contributed by atoms with E-state index in [0.717, 1.165) is 0 Å². The van der Waals surface area contributed by atoms with E-state index < -0.39 is 114 Å². The lowest BCUT2D eigenvalue weighted by Gasteiger charge is -2.29. The van der Waals surface area contributed by atoms with Crippen LogP contribution >= 0.6 is 0 Å². The average molecular weight is 1100 g/mol. The van der Waals surface area contributed by atoms with E-state index in [9.17, 15) is 47.9 Å². The predicted octanol–water partition coefficient (Wildman–Crippen LogP) is -2.45. The number of carbonyl (C=O) groups excluding carboxylic acids is 10. The third-order valence-corrected chi connectivity index (χ3v) is 12.4. The van der Waals surface area contributed by atoms with Gasteiger partial charge in [0.15, 0.2) is 0 Å². The van der Waals surface area contributed by atoms with Crippen LogP contribution in [0.15, 0.2) is 25.0 Å². The van der Waals surface area contributed by atoms with Crippen LogP contribution in [0, 0.1) is 17.8 Å². The van der Waals surface area contributed by atoms with Gasteiger partial charge < -0.3 is 80.8 Å². The number of nitrogens with one attached hydrogen (secondary N) is 11. The number of imidazole rings is 2. The SMILES string of the molecule is CC(C)C[C@H](NC(=O)[C@H](CC(C)C)NC(=O)[C@H](CC(C)C)NC(=O)[C@H](CCCCNC(=O)[C@@H](N)Cc1cnc[nH]1)NC(=O)[C@@H](N)Cc1cnc[nH]1)C(=O)N[C@@H](C)C(=O)N[C@@H](C)C(=O)N[C@@H](C)C(=O)N[C@@H](CCCCN)C(N)=O. The van der Waals surface area contributed by atoms with Crippen LogP contribution in [0.2, 0.25) is 0 Å². The molecule has 438 valence electrons. The van der Waals surface area contributed by atoms with Crippen LogP contribution in [0.3, 0.4) is 0 Å². The third-order valence-electron chi connectivity index (χ3n) is 12.4. The quantitative estimate of drug-likeness (QED) is 0.0313. The number of nitrogens with zero attached hydrogens (tertiary/aromatic N) is 2. The molecule has 0 aliphatic carbocycles. The minimum Gasteiger partial charge on any atom is -0.368 e. The molecule has 0 bridgehead atoms. The van der Waals surface area contributed by atoms with Crippen LogP contribution in [0.1, 0.15) is 131 Å². The molecule has 2 aromatic rings. The Morgan fingerprint density at radius 2 is 0.795 bits per heavy atom. The Hall–Kier alpha value is -7.00. The summed E-state index contributed by atoms with van der Waals surface area (Å²) in [6.07, 6.45) is 9.08. The fraction of sp³-hybridized carbons (Fsp3) is 0.686. The van der Waals surface area contributed by atoms with E-state index in [1.54, 1.807) is 6.20 Å². The Labute approximate surface area is 457 Å². The van der Waals surface area contributed by atoms with E-state index >= 15 is 0 Å². The zero-order chi connectivity index (χ0) is 58.6. The van der Waals surface area contributed by atoms with Gasteiger partial charge in [-0.1, -0.05) is 41.5 Å². The number of hydrogen-bond donors (Lipinski definition) is 15. The molecule has 78 heavy (non-hydrogen) atoms. The lowest BCUT2D eigenvalue weighted by molar-refractivity contribution is -0.136. The van der Waals surface area contributed by atoms with Crippen molar-refractivity contribution in [2.45, 2.75) is 193 Å². The van der Waals surface area contributed by atoms with Crippen LogP contribution in [0.4, 0.5) is 0 Å². The molecule has 0 spiro atoms. The van der Waals surface area contributed by atoms with Crippen molar-refractivity contribution in [2.75, 3.05) is 13.1 Å². The molecule has 2 rings (SSSR count). The third kappa shape index (κ3) is 25.4. The largest absolute Gasteiger partial charge is 0.368 e. The molecule has 0 radical (unpaired) electrons. The lowest BCUT2D eigenvalue weighted by Crippen LogP contribution is -2.60. The van der Waals surface area contributed by atoms with Crippen molar-refractivity contribution < 1.29 is 47.9 Å². The molecule has 0 fully saturated rings. The number of primary amides is 1. The average Bonchev–Trinajstić information content (AvgIpc) is 4.09. The number of amides is 10. The molecule has 27 heteroatoms. The summed E-state index contributed by atoms with van der Waals surface area (Å²) < 4.78 is 0. The Bertz CT molecular complexity index is 2230. The monoisotopic (exact) mass is 1100 g/mol. The smallest absolute Gasteiger partial charge is 0.243 e. The normalized spacial score (nSPS) is 15.2. The molecule has 0 aliphatic rings. The first kappa shape index (κ1) is 67.1. The van der Waals surface area contributed by atoms with Crippen LogP contribution in [0.25, 0.3) is 0 Å². The standard InChI is InChI=1S/C51H89N17O10/c1-27(2)18-39(49(76)63-31(8)44(71)61-30(7)43(70)62-32(9)45(72)64-37(42(55)69)14-10-12-16-52)67-51(78)41(20-29(5)6)68-50(77)40(19-28(3)4)66-48(75)38(65-47(74)36(54)22-34-24-57-26-60-34)15-11-13-17-58-46(73)35(53)21-33-23-56-25-59-33/h23-32,35-41H,10-22,52-54H2,1-9H3,(H2,55,69)(H,56,59)(H,57,60)(H,58,73)(H,61,71)(H,62,70)(H,63,76)(H,64,72)(H,65,74)(H,66,75)(H,67,78)(H,68,77)/t30-,31-,32-,35-,36-,37-,38-,39-,40-,41-/m0/s1. The van der Waals surface area contributed by atoms with E-state index in [4.69, 9.17) is 22.9 Å². The van der Waals surface area contributed by atoms with Crippen molar-refractivity contribution in [1.82, 2.24) is 67.8 Å². The summed E-state index contributed by atoms with van der Waals surface area (Å²) in [4.78, 5) is 147. The van der Waals surface area contributed by atoms with Crippen LogP contribution in [0.5, 0.6) is 0 Å². The Kier molecular flexibility index (Phi) is 29.9. The van der Waals surface area contributed by atoms with Gasteiger partial charge in [0, 0.05) is 43.2 Å². The molecule has 27 nitrogen and oxygen atoms in total. The summed E-state index contributed by atoms with van der Waals surface area (Å²) in [5.41, 5.74) is 24.5. The van der Waals surface area contributed by atoms with Crippen molar-refractivity contribution in [1.29, 1.82) is 0 Å². The summed E-state index contributed by atoms with van der Waals surface area (Å²) >= 11 is 0. The molecule has 10 amide bonds. The summed E-state index contributed by atoms with van der Waals surface area (Å²) in [5, 5.41) is 23.9. The minimum absolute atomic E-state index is 0.0971. The van der Waals surface area contributed by atoms with Gasteiger partial charge in [-0.05, 0) is 103 Å². The van der Waals surface area contributed by atoms with Crippen molar-refractivity contribution in [3.05, 3.63) is 36.4 Å². The fourth-order valence-corrected chi connectivity index (χ4v) is 8.00. The van der Waals surface area contributed by atoms with E-state index in [1.165, 1.54) is 39.6 Å². The molecule has 2 heterocycles. The molecule has 0 unspecified atom stereocenters. The number of nitrogens with two attached hydrogens (primary N) is 4. The maximum absolute atomic E-state index is 14.2. The highest BCUT2D eigenvalue weighted by Crippen LogP contribution is 2.13. The Morgan fingerprint density at radius 3 is 1.19 bits per heavy atom. The van der Waals surface area contributed by atoms with Crippen LogP contribution in [-0.2, 0) is 60.8 Å². The Morgan fingerprint density at radius 1 is 0.449 bits per heavy atom. The van der Waals surface area contributed by atoms with Gasteiger partial charge >= 0.3 is 0 Å². The molecular formula is C51H89N17O10. The van der Waals surface area contributed by atoms with E-state index in [0.29, 0.717) is 43.6 Å². The first-order valence-corrected chi connectivity index (χ1v) is 26.9. The summed E-state index contributed by atoms with van der Waals surface area (Å²) in [6, 6.07) is -11.1. The van der Waals surface area contributed by atoms with Crippen molar-refractivity contribution in [2.24, 2.45) is 40.7 Å². The highest BCUT2D eigenvalue weighted by molar-refractivity contribution is 5.98. The van der Waals surface area contributed by atoms with E-state index in [-0.39, 0.29) is 75.2 Å². The van der Waals surface area contributed by atoms with Gasteiger partial charge in [0.1, 0.15) is 48.3 Å². The fourth-order valence-electron chi connectivity index (χ4n) is 8.00. The highest BCUT2D eigenvalue weighted by Gasteiger charge is 2.34. The molecular weight excluding hydrogens is 1010 g/mol. The molecule has 2 aromatic heterocycles. The maximum Gasteiger partial charge on any atom is 0.243 e. The number of H-pyrrole nitrogens is 2. The number of hydrogen-bond acceptors (Lipinski definition) is 15. The molecule has 10 atom stereocenters. The lowest BCUT2D eigenvalue weighted by atomic mass is 9.98. The van der Waals surface area contributed by atoms with Gasteiger partial charge in [-0.15, -0.1) is 0 Å². The maximum atomic E-state index is 14.2. The number of aromatic amines is 2. The minimum atomic E-state index is -1.21. The Balaban J connectivity index is 2.18. The molecule has 0 saturated carbocycles. The first-order valence-electron chi connectivity index (χ1n) is 26.9. The second-order valence-electron chi connectivity index (χ2n) is 21.1. The zero-order valence-electron chi connectivity index (χ0n) is 46.8. The second-order valence-corrected chi connectivity index (χ2v) is 21.1. The second kappa shape index (κ2) is 34.7. The van der Waals surface area contributed by atoms with Gasteiger partial charge in [-0.2, -0.15) is 0 Å². The zero-order valence-corrected chi connectivity index (χ0v) is 46.8. The first-order chi connectivity index (χ1) is 36.7. The van der Waals surface area contributed by atoms with Gasteiger partial charge in [0.2, 0.25) is 59.1 Å². The number of unbranched alkanes of at least 4 members (excludes halogenated alkanes) is 2. The predicted molar refractivity (Wildman–Crippen MR) is 290 cm³/mol. The number of carbonyl (C=O) groups is 10. The van der Waals surface area contributed by atoms with Gasteiger partial charge in [-0.25, -0.2) is 9.97 Å². The number of rotatable bonds is 37. The van der Waals surface area contributed by atoms with Gasteiger partial charge in [0.05, 0.1) is 24.7 Å². The van der Waals surface area contributed by atoms with Gasteiger partial charge in [0.25, 0.3) is 0 Å². The molecule has 0 saturated heterocycles.